The van der Waals surface area contributed by atoms with E-state index in [1.165, 1.54) is 25.3 Å². The van der Waals surface area contributed by atoms with Crippen molar-refractivity contribution in [2.75, 3.05) is 25.2 Å². The Kier molecular flexibility index (Phi) is 6.66. The summed E-state index contributed by atoms with van der Waals surface area (Å²) in [6, 6.07) is 3.77. The smallest absolute Gasteiger partial charge is 0.342 e. The van der Waals surface area contributed by atoms with Gasteiger partial charge < -0.3 is 19.5 Å². The third-order valence-electron chi connectivity index (χ3n) is 5.61. The average Bonchev–Trinajstić information content (AvgIpc) is 3.06. The number of sulfone groups is 1. The van der Waals surface area contributed by atoms with Crippen molar-refractivity contribution in [3.05, 3.63) is 23.8 Å². The largest absolute Gasteiger partial charge is 0.507 e. The molecule has 0 aromatic heterocycles. The van der Waals surface area contributed by atoms with Gasteiger partial charge in [0.25, 0.3) is 5.91 Å². The second kappa shape index (κ2) is 9.02. The minimum Gasteiger partial charge on any atom is -0.507 e. The summed E-state index contributed by atoms with van der Waals surface area (Å²) in [6.45, 7) is -0.489. The quantitative estimate of drug-likeness (QED) is 0.693. The number of nitrogens with zero attached hydrogens (tertiary/aromatic N) is 1. The Labute approximate surface area is 170 Å². The molecule has 29 heavy (non-hydrogen) atoms. The minimum atomic E-state index is -3.15. The van der Waals surface area contributed by atoms with Gasteiger partial charge in [-0.1, -0.05) is 19.3 Å². The Morgan fingerprint density at radius 1 is 1.14 bits per heavy atom. The molecule has 8 nitrogen and oxygen atoms in total. The third kappa shape index (κ3) is 5.20. The SMILES string of the molecule is COc1ccc(C(=O)OCC(=O)N(C2CCCCC2)[C@@H]2CCS(=O)(=O)C2)c(O)c1. The van der Waals surface area contributed by atoms with E-state index in [4.69, 9.17) is 9.47 Å². The Balaban J connectivity index is 1.68. The number of hydrogen-bond acceptors (Lipinski definition) is 7. The second-order valence-electron chi connectivity index (χ2n) is 7.61. The van der Waals surface area contributed by atoms with Crippen LogP contribution in [-0.4, -0.2) is 67.6 Å². The fraction of sp³-hybridized carbons (Fsp3) is 0.600. The van der Waals surface area contributed by atoms with E-state index >= 15 is 0 Å². The molecule has 2 aliphatic rings. The van der Waals surface area contributed by atoms with Crippen LogP contribution in [0, 0.1) is 0 Å². The molecule has 0 radical (unpaired) electrons. The molecule has 1 amide bonds. The summed E-state index contributed by atoms with van der Waals surface area (Å²) >= 11 is 0. The number of rotatable bonds is 6. The van der Waals surface area contributed by atoms with Gasteiger partial charge in [-0.2, -0.15) is 0 Å². The number of hydrogen-bond donors (Lipinski definition) is 1. The summed E-state index contributed by atoms with van der Waals surface area (Å²) in [6.07, 6.45) is 5.16. The zero-order chi connectivity index (χ0) is 21.0. The van der Waals surface area contributed by atoms with Gasteiger partial charge in [0.1, 0.15) is 17.1 Å². The molecule has 1 heterocycles. The summed E-state index contributed by atoms with van der Waals surface area (Å²) in [5, 5.41) is 9.96. The van der Waals surface area contributed by atoms with Gasteiger partial charge in [0.15, 0.2) is 16.4 Å². The Morgan fingerprint density at radius 3 is 2.45 bits per heavy atom. The van der Waals surface area contributed by atoms with E-state index in [0.717, 1.165) is 32.1 Å². The maximum absolute atomic E-state index is 12.9. The number of carbonyl (C=O) groups excluding carboxylic acids is 2. The number of aromatic hydroxyl groups is 1. The zero-order valence-corrected chi connectivity index (χ0v) is 17.3. The predicted molar refractivity (Wildman–Crippen MR) is 106 cm³/mol. The molecule has 1 saturated carbocycles. The number of phenolic OH excluding ortho intramolecular Hbond substituents is 1. The number of esters is 1. The van der Waals surface area contributed by atoms with E-state index in [1.54, 1.807) is 4.90 Å². The highest BCUT2D eigenvalue weighted by molar-refractivity contribution is 7.91. The summed E-state index contributed by atoms with van der Waals surface area (Å²) in [5.74, 6) is -1.08. The first kappa shape index (κ1) is 21.4. The van der Waals surface area contributed by atoms with E-state index in [1.807, 2.05) is 0 Å². The van der Waals surface area contributed by atoms with Crippen molar-refractivity contribution in [3.63, 3.8) is 0 Å². The van der Waals surface area contributed by atoms with E-state index in [0.29, 0.717) is 12.2 Å². The van der Waals surface area contributed by atoms with Gasteiger partial charge in [-0.3, -0.25) is 4.79 Å². The molecule has 1 aromatic carbocycles. The lowest BCUT2D eigenvalue weighted by molar-refractivity contribution is -0.140. The van der Waals surface area contributed by atoms with Crippen LogP contribution in [0.5, 0.6) is 11.5 Å². The molecule has 9 heteroatoms. The van der Waals surface area contributed by atoms with Crippen LogP contribution in [0.1, 0.15) is 48.9 Å². The fourth-order valence-corrected chi connectivity index (χ4v) is 5.86. The molecule has 0 spiro atoms. The molecular weight excluding hydrogens is 398 g/mol. The number of carbonyl (C=O) groups is 2. The maximum atomic E-state index is 12.9. The lowest BCUT2D eigenvalue weighted by atomic mass is 9.93. The first-order valence-corrected chi connectivity index (χ1v) is 11.7. The standard InChI is InChI=1S/C20H27NO7S/c1-27-16-7-8-17(18(22)11-16)20(24)28-12-19(23)21(14-5-3-2-4-6-14)15-9-10-29(25,26)13-15/h7-8,11,14-15,22H,2-6,9-10,12-13H2,1H3/t15-/m1/s1. The van der Waals surface area contributed by atoms with Crippen LogP contribution in [0.4, 0.5) is 0 Å². The van der Waals surface area contributed by atoms with Gasteiger partial charge in [-0.25, -0.2) is 13.2 Å². The molecule has 1 aliphatic carbocycles. The first-order chi connectivity index (χ1) is 13.8. The van der Waals surface area contributed by atoms with Crippen molar-refractivity contribution in [3.8, 4) is 11.5 Å². The van der Waals surface area contributed by atoms with Gasteiger partial charge in [-0.15, -0.1) is 0 Å². The topological polar surface area (TPSA) is 110 Å². The molecule has 1 saturated heterocycles. The Morgan fingerprint density at radius 2 is 1.86 bits per heavy atom. The predicted octanol–water partition coefficient (Wildman–Crippen LogP) is 1.91. The summed E-state index contributed by atoms with van der Waals surface area (Å²) in [4.78, 5) is 26.9. The number of phenols is 1. The molecule has 0 unspecified atom stereocenters. The van der Waals surface area contributed by atoms with Gasteiger partial charge >= 0.3 is 5.97 Å². The second-order valence-corrected chi connectivity index (χ2v) is 9.84. The minimum absolute atomic E-state index is 0.0253. The van der Waals surface area contributed by atoms with Crippen LogP contribution in [0.15, 0.2) is 18.2 Å². The summed E-state index contributed by atoms with van der Waals surface area (Å²) in [7, 11) is -1.71. The van der Waals surface area contributed by atoms with Crippen LogP contribution in [0.25, 0.3) is 0 Å². The molecule has 1 atom stereocenters. The third-order valence-corrected chi connectivity index (χ3v) is 7.36. The number of ether oxygens (including phenoxy) is 2. The van der Waals surface area contributed by atoms with Crippen LogP contribution < -0.4 is 4.74 Å². The van der Waals surface area contributed by atoms with E-state index < -0.39 is 22.4 Å². The normalized spacial score (nSPS) is 21.5. The molecule has 1 aliphatic heterocycles. The molecule has 3 rings (SSSR count). The monoisotopic (exact) mass is 425 g/mol. The van der Waals surface area contributed by atoms with E-state index in [9.17, 15) is 23.1 Å². The molecule has 1 aromatic rings. The van der Waals surface area contributed by atoms with Crippen LogP contribution >= 0.6 is 0 Å². The number of methoxy groups -OCH3 is 1. The highest BCUT2D eigenvalue weighted by atomic mass is 32.2. The highest BCUT2D eigenvalue weighted by Crippen LogP contribution is 2.29. The molecule has 1 N–H and O–H groups in total. The van der Waals surface area contributed by atoms with Crippen molar-refractivity contribution >= 4 is 21.7 Å². The van der Waals surface area contributed by atoms with Crippen molar-refractivity contribution in [2.24, 2.45) is 0 Å². The Hall–Kier alpha value is -2.29. The van der Waals surface area contributed by atoms with Crippen LogP contribution in [0.2, 0.25) is 0 Å². The summed E-state index contributed by atoms with van der Waals surface area (Å²) < 4.78 is 34.0. The fourth-order valence-electron chi connectivity index (χ4n) is 4.15. The van der Waals surface area contributed by atoms with Gasteiger partial charge in [0.2, 0.25) is 0 Å². The van der Waals surface area contributed by atoms with Crippen molar-refractivity contribution in [1.29, 1.82) is 0 Å². The van der Waals surface area contributed by atoms with E-state index in [-0.39, 0.29) is 40.8 Å². The van der Waals surface area contributed by atoms with Gasteiger partial charge in [-0.05, 0) is 31.4 Å². The maximum Gasteiger partial charge on any atom is 0.342 e. The molecular formula is C20H27NO7S. The van der Waals surface area contributed by atoms with Crippen LogP contribution in [0.3, 0.4) is 0 Å². The highest BCUT2D eigenvalue weighted by Gasteiger charge is 2.38. The molecule has 2 fully saturated rings. The Bertz CT molecular complexity index is 862. The van der Waals surface area contributed by atoms with Crippen molar-refractivity contribution in [2.45, 2.75) is 50.6 Å². The van der Waals surface area contributed by atoms with Crippen molar-refractivity contribution in [1.82, 2.24) is 4.90 Å². The molecule has 160 valence electrons. The van der Waals surface area contributed by atoms with Gasteiger partial charge in [0.05, 0.1) is 18.6 Å². The van der Waals surface area contributed by atoms with E-state index in [2.05, 4.69) is 0 Å². The lowest BCUT2D eigenvalue weighted by Gasteiger charge is -2.38. The summed E-state index contributed by atoms with van der Waals surface area (Å²) in [5.41, 5.74) is -0.0636. The van der Waals surface area contributed by atoms with Gasteiger partial charge in [0, 0.05) is 18.2 Å². The number of amides is 1. The average molecular weight is 426 g/mol. The number of benzene rings is 1. The molecule has 0 bridgehead atoms. The first-order valence-electron chi connectivity index (χ1n) is 9.86. The van der Waals surface area contributed by atoms with Crippen molar-refractivity contribution < 1.29 is 32.6 Å². The zero-order valence-electron chi connectivity index (χ0n) is 16.5. The van der Waals surface area contributed by atoms with Crippen LogP contribution in [-0.2, 0) is 19.4 Å². The lowest BCUT2D eigenvalue weighted by Crippen LogP contribution is -2.50.